The number of hydrogen-bond acceptors (Lipinski definition) is 6. The number of rotatable bonds is 8. The van der Waals surface area contributed by atoms with Crippen LogP contribution in [-0.2, 0) is 23.1 Å². The molecule has 1 N–H and O–H groups in total. The number of benzene rings is 3. The van der Waals surface area contributed by atoms with Gasteiger partial charge >= 0.3 is 6.18 Å². The molecule has 0 saturated carbocycles. The molecule has 0 fully saturated rings. The van der Waals surface area contributed by atoms with Crippen molar-refractivity contribution in [2.75, 3.05) is 25.8 Å². The zero-order chi connectivity index (χ0) is 31.8. The van der Waals surface area contributed by atoms with Gasteiger partial charge in [-0.1, -0.05) is 18.2 Å². The van der Waals surface area contributed by atoms with Crippen LogP contribution >= 0.6 is 0 Å². The third kappa shape index (κ3) is 6.10. The van der Waals surface area contributed by atoms with E-state index >= 15 is 0 Å². The summed E-state index contributed by atoms with van der Waals surface area (Å²) in [6, 6.07) is 14.9. The van der Waals surface area contributed by atoms with E-state index < -0.39 is 29.0 Å². The molecule has 44 heavy (non-hydrogen) atoms. The first-order valence-corrected chi connectivity index (χ1v) is 13.7. The Bertz CT molecular complexity index is 1670. The summed E-state index contributed by atoms with van der Waals surface area (Å²) in [4.78, 5) is 28.1. The zero-order valence-electron chi connectivity index (χ0n) is 24.5. The Kier molecular flexibility index (Phi) is 8.11. The average molecular weight is 611 g/mol. The SMILES string of the molecule is COc1ccc(C(C)(C)NC(=O)c2ccc(CN3C=C4C(=O)N(c5ccc(F)c(C(F)(F)F)c5)N=C4CC3)cc2)cc1OC. The predicted molar refractivity (Wildman–Crippen MR) is 156 cm³/mol. The maximum atomic E-state index is 13.8. The smallest absolute Gasteiger partial charge is 0.419 e. The molecule has 0 unspecified atom stereocenters. The summed E-state index contributed by atoms with van der Waals surface area (Å²) < 4.78 is 64.0. The van der Waals surface area contributed by atoms with Crippen LogP contribution in [0.4, 0.5) is 23.2 Å². The molecule has 0 aliphatic carbocycles. The van der Waals surface area contributed by atoms with Crippen LogP contribution in [0.1, 0.15) is 47.3 Å². The van der Waals surface area contributed by atoms with Gasteiger partial charge in [0.25, 0.3) is 11.8 Å². The van der Waals surface area contributed by atoms with Crippen molar-refractivity contribution in [2.24, 2.45) is 5.10 Å². The molecular formula is C32H30F4N4O4. The first kappa shape index (κ1) is 30.6. The Morgan fingerprint density at radius 1 is 0.977 bits per heavy atom. The molecule has 3 aromatic carbocycles. The van der Waals surface area contributed by atoms with Crippen molar-refractivity contribution in [1.82, 2.24) is 10.2 Å². The number of carbonyl (C=O) groups is 2. The second-order valence-electron chi connectivity index (χ2n) is 10.9. The minimum absolute atomic E-state index is 0.166. The molecule has 5 rings (SSSR count). The Balaban J connectivity index is 1.25. The summed E-state index contributed by atoms with van der Waals surface area (Å²) >= 11 is 0. The second-order valence-corrected chi connectivity index (χ2v) is 10.9. The molecule has 8 nitrogen and oxygen atoms in total. The van der Waals surface area contributed by atoms with Crippen LogP contribution in [-0.4, -0.2) is 43.2 Å². The molecule has 0 bridgehead atoms. The van der Waals surface area contributed by atoms with E-state index in [0.717, 1.165) is 22.2 Å². The molecule has 3 aromatic rings. The van der Waals surface area contributed by atoms with E-state index in [0.29, 0.717) is 54.4 Å². The summed E-state index contributed by atoms with van der Waals surface area (Å²) in [6.07, 6.45) is -2.88. The van der Waals surface area contributed by atoms with Crippen molar-refractivity contribution in [1.29, 1.82) is 0 Å². The molecular weight excluding hydrogens is 580 g/mol. The van der Waals surface area contributed by atoms with Crippen LogP contribution in [0.5, 0.6) is 11.5 Å². The predicted octanol–water partition coefficient (Wildman–Crippen LogP) is 6.02. The lowest BCUT2D eigenvalue weighted by molar-refractivity contribution is -0.140. The quantitative estimate of drug-likeness (QED) is 0.316. The normalized spacial score (nSPS) is 15.0. The number of hydrogen-bond donors (Lipinski definition) is 1. The monoisotopic (exact) mass is 610 g/mol. The van der Waals surface area contributed by atoms with E-state index in [9.17, 15) is 27.2 Å². The van der Waals surface area contributed by atoms with Crippen molar-refractivity contribution >= 4 is 23.2 Å². The van der Waals surface area contributed by atoms with E-state index in [1.165, 1.54) is 0 Å². The number of nitrogens with zero attached hydrogens (tertiary/aromatic N) is 3. The number of alkyl halides is 3. The van der Waals surface area contributed by atoms with Gasteiger partial charge in [-0.3, -0.25) is 9.59 Å². The van der Waals surface area contributed by atoms with Gasteiger partial charge in [-0.15, -0.1) is 0 Å². The van der Waals surface area contributed by atoms with Crippen molar-refractivity contribution in [3.8, 4) is 11.5 Å². The number of nitrogens with one attached hydrogen (secondary N) is 1. The molecule has 2 heterocycles. The van der Waals surface area contributed by atoms with Gasteiger partial charge in [-0.2, -0.15) is 23.3 Å². The Morgan fingerprint density at radius 2 is 1.68 bits per heavy atom. The molecule has 12 heteroatoms. The van der Waals surface area contributed by atoms with Gasteiger partial charge in [0.15, 0.2) is 11.5 Å². The van der Waals surface area contributed by atoms with Crippen LogP contribution < -0.4 is 19.8 Å². The molecule has 2 aliphatic heterocycles. The average Bonchev–Trinajstić information content (AvgIpc) is 3.32. The summed E-state index contributed by atoms with van der Waals surface area (Å²) in [5, 5.41) is 8.13. The van der Waals surface area contributed by atoms with Crippen LogP contribution in [0, 0.1) is 5.82 Å². The van der Waals surface area contributed by atoms with Crippen molar-refractivity contribution in [3.63, 3.8) is 0 Å². The van der Waals surface area contributed by atoms with Crippen molar-refractivity contribution < 1.29 is 36.6 Å². The second kappa shape index (κ2) is 11.7. The summed E-state index contributed by atoms with van der Waals surface area (Å²) in [5.41, 5.74) is 0.563. The number of fused-ring (bicyclic) bond motifs is 1. The van der Waals surface area contributed by atoms with Gasteiger partial charge in [0.05, 0.1) is 42.3 Å². The van der Waals surface area contributed by atoms with E-state index in [4.69, 9.17) is 9.47 Å². The molecule has 0 spiro atoms. The van der Waals surface area contributed by atoms with E-state index in [2.05, 4.69) is 10.4 Å². The number of methoxy groups -OCH3 is 2. The maximum absolute atomic E-state index is 13.8. The Labute approximate surface area is 251 Å². The van der Waals surface area contributed by atoms with Crippen molar-refractivity contribution in [2.45, 2.75) is 38.5 Å². The van der Waals surface area contributed by atoms with E-state index in [-0.39, 0.29) is 17.2 Å². The van der Waals surface area contributed by atoms with Crippen molar-refractivity contribution in [3.05, 3.63) is 101 Å². The lowest BCUT2D eigenvalue weighted by Crippen LogP contribution is -2.41. The van der Waals surface area contributed by atoms with Gasteiger partial charge in [0, 0.05) is 31.3 Å². The third-order valence-electron chi connectivity index (χ3n) is 7.53. The standard InChI is InChI=1S/C32H30F4N4O4/c1-31(2,21-9-12-27(43-3)28(15-21)44-4)37-29(41)20-7-5-19(6-8-20)17-39-14-13-26-23(18-39)30(42)40(38-26)22-10-11-25(33)24(16-22)32(34,35)36/h5-12,15-16,18H,13-14,17H2,1-4H3,(H,37,41). The zero-order valence-corrected chi connectivity index (χ0v) is 24.5. The fraction of sp³-hybridized carbons (Fsp3) is 0.281. The highest BCUT2D eigenvalue weighted by molar-refractivity contribution is 6.30. The number of anilines is 1. The fourth-order valence-electron chi connectivity index (χ4n) is 5.08. The largest absolute Gasteiger partial charge is 0.493 e. The third-order valence-corrected chi connectivity index (χ3v) is 7.53. The highest BCUT2D eigenvalue weighted by atomic mass is 19.4. The summed E-state index contributed by atoms with van der Waals surface area (Å²) in [6.45, 7) is 4.72. The summed E-state index contributed by atoms with van der Waals surface area (Å²) in [7, 11) is 3.10. The Morgan fingerprint density at radius 3 is 2.34 bits per heavy atom. The molecule has 2 amide bonds. The topological polar surface area (TPSA) is 83.5 Å². The van der Waals surface area contributed by atoms with Gasteiger partial charge in [0.1, 0.15) is 5.82 Å². The highest BCUT2D eigenvalue weighted by Gasteiger charge is 2.38. The highest BCUT2D eigenvalue weighted by Crippen LogP contribution is 2.36. The molecule has 2 aliphatic rings. The lowest BCUT2D eigenvalue weighted by Gasteiger charge is -2.28. The van der Waals surface area contributed by atoms with Crippen LogP contribution in [0.15, 0.2) is 77.5 Å². The number of hydrazone groups is 1. The number of carbonyl (C=O) groups excluding carboxylic acids is 2. The van der Waals surface area contributed by atoms with Crippen LogP contribution in [0.3, 0.4) is 0 Å². The minimum atomic E-state index is -4.91. The lowest BCUT2D eigenvalue weighted by atomic mass is 9.93. The number of amides is 2. The maximum Gasteiger partial charge on any atom is 0.419 e. The number of halogens is 4. The van der Waals surface area contributed by atoms with E-state index in [1.807, 2.05) is 43.0 Å². The van der Waals surface area contributed by atoms with Gasteiger partial charge in [0.2, 0.25) is 0 Å². The van der Waals surface area contributed by atoms with Gasteiger partial charge in [-0.25, -0.2) is 4.39 Å². The van der Waals surface area contributed by atoms with Gasteiger partial charge < -0.3 is 19.7 Å². The van der Waals surface area contributed by atoms with E-state index in [1.54, 1.807) is 38.6 Å². The molecule has 0 atom stereocenters. The molecule has 0 radical (unpaired) electrons. The molecule has 230 valence electrons. The van der Waals surface area contributed by atoms with Gasteiger partial charge in [-0.05, 0) is 67.4 Å². The fourth-order valence-corrected chi connectivity index (χ4v) is 5.08. The first-order chi connectivity index (χ1) is 20.8. The number of ether oxygens (including phenoxy) is 2. The molecule has 0 aromatic heterocycles. The minimum Gasteiger partial charge on any atom is -0.493 e. The van der Waals surface area contributed by atoms with Crippen LogP contribution in [0.2, 0.25) is 0 Å². The van der Waals surface area contributed by atoms with Crippen LogP contribution in [0.25, 0.3) is 0 Å². The summed E-state index contributed by atoms with van der Waals surface area (Å²) in [5.74, 6) is -1.13. The molecule has 0 saturated heterocycles. The Hall–Kier alpha value is -4.87. The first-order valence-electron chi connectivity index (χ1n) is 13.7.